The van der Waals surface area contributed by atoms with E-state index in [0.717, 1.165) is 51.5 Å². The molecule has 0 aromatic heterocycles. The van der Waals surface area contributed by atoms with E-state index in [9.17, 15) is 5.11 Å². The lowest BCUT2D eigenvalue weighted by Gasteiger charge is -2.27. The molecule has 0 radical (unpaired) electrons. The zero-order valence-electron chi connectivity index (χ0n) is 14.4. The molecule has 0 aromatic rings. The van der Waals surface area contributed by atoms with Crippen molar-refractivity contribution in [3.8, 4) is 0 Å². The van der Waals surface area contributed by atoms with Gasteiger partial charge in [0.2, 0.25) is 0 Å². The van der Waals surface area contributed by atoms with Crippen molar-refractivity contribution in [2.45, 2.75) is 33.1 Å². The summed E-state index contributed by atoms with van der Waals surface area (Å²) in [6.07, 6.45) is 2.84. The van der Waals surface area contributed by atoms with Crippen LogP contribution in [0, 0.1) is 11.3 Å². The summed E-state index contributed by atoms with van der Waals surface area (Å²) in [7, 11) is 1.76. The first kappa shape index (κ1) is 19.2. The number of hydrogen-bond acceptors (Lipinski definition) is 4. The lowest BCUT2D eigenvalue weighted by atomic mass is 9.84. The normalized spacial score (nSPS) is 22.3. The Balaban J connectivity index is 2.19. The van der Waals surface area contributed by atoms with Gasteiger partial charge in [-0.1, -0.05) is 13.8 Å². The van der Waals surface area contributed by atoms with Gasteiger partial charge < -0.3 is 25.2 Å². The number of nitrogens with zero attached hydrogens (tertiary/aromatic N) is 1. The third-order valence-electron chi connectivity index (χ3n) is 4.06. The molecule has 22 heavy (non-hydrogen) atoms. The number of aliphatic hydroxyl groups excluding tert-OH is 1. The van der Waals surface area contributed by atoms with Crippen molar-refractivity contribution in [2.75, 3.05) is 53.2 Å². The maximum atomic E-state index is 9.23. The van der Waals surface area contributed by atoms with Gasteiger partial charge in [0, 0.05) is 45.4 Å². The van der Waals surface area contributed by atoms with Gasteiger partial charge in [0.15, 0.2) is 5.96 Å². The first-order valence-electron chi connectivity index (χ1n) is 8.33. The van der Waals surface area contributed by atoms with Gasteiger partial charge in [0.25, 0.3) is 0 Å². The Kier molecular flexibility index (Phi) is 9.43. The van der Waals surface area contributed by atoms with E-state index >= 15 is 0 Å². The van der Waals surface area contributed by atoms with E-state index in [0.29, 0.717) is 19.1 Å². The molecular weight excluding hydrogens is 282 g/mol. The quantitative estimate of drug-likeness (QED) is 0.319. The first-order chi connectivity index (χ1) is 10.6. The molecule has 1 heterocycles. The highest BCUT2D eigenvalue weighted by atomic mass is 16.5. The number of ether oxygens (including phenoxy) is 2. The molecule has 6 nitrogen and oxygen atoms in total. The Bertz CT molecular complexity index is 316. The number of hydrogen-bond donors (Lipinski definition) is 3. The standard InChI is InChI=1S/C16H33N3O3/c1-14(2)4-9-21-11-7-18-15(17-3)19-12-16(5-8-20)6-10-22-13-16/h14,20H,4-13H2,1-3H3,(H2,17,18,19). The van der Waals surface area contributed by atoms with Crippen LogP contribution in [0.15, 0.2) is 4.99 Å². The van der Waals surface area contributed by atoms with Crippen molar-refractivity contribution >= 4 is 5.96 Å². The van der Waals surface area contributed by atoms with Crippen molar-refractivity contribution in [3.05, 3.63) is 0 Å². The van der Waals surface area contributed by atoms with E-state index in [2.05, 4.69) is 29.5 Å². The van der Waals surface area contributed by atoms with Gasteiger partial charge in [-0.25, -0.2) is 0 Å². The van der Waals surface area contributed by atoms with Crippen LogP contribution in [0.2, 0.25) is 0 Å². The van der Waals surface area contributed by atoms with Gasteiger partial charge in [-0.2, -0.15) is 0 Å². The zero-order valence-corrected chi connectivity index (χ0v) is 14.4. The van der Waals surface area contributed by atoms with Crippen LogP contribution < -0.4 is 10.6 Å². The molecule has 0 spiro atoms. The monoisotopic (exact) mass is 315 g/mol. The summed E-state index contributed by atoms with van der Waals surface area (Å²) in [4.78, 5) is 4.22. The van der Waals surface area contributed by atoms with Crippen molar-refractivity contribution in [3.63, 3.8) is 0 Å². The highest BCUT2D eigenvalue weighted by Gasteiger charge is 2.34. The van der Waals surface area contributed by atoms with Gasteiger partial charge in [0.1, 0.15) is 0 Å². The van der Waals surface area contributed by atoms with Crippen LogP contribution in [0.5, 0.6) is 0 Å². The molecule has 1 rings (SSSR count). The fourth-order valence-corrected chi connectivity index (χ4v) is 2.47. The van der Waals surface area contributed by atoms with Crippen molar-refractivity contribution in [2.24, 2.45) is 16.3 Å². The predicted octanol–water partition coefficient (Wildman–Crippen LogP) is 1.00. The van der Waals surface area contributed by atoms with E-state index in [4.69, 9.17) is 9.47 Å². The summed E-state index contributed by atoms with van der Waals surface area (Å²) in [6.45, 7) is 9.06. The minimum absolute atomic E-state index is 0.0279. The lowest BCUT2D eigenvalue weighted by Crippen LogP contribution is -2.45. The Morgan fingerprint density at radius 3 is 2.77 bits per heavy atom. The predicted molar refractivity (Wildman–Crippen MR) is 89.2 cm³/mol. The first-order valence-corrected chi connectivity index (χ1v) is 8.33. The zero-order chi connectivity index (χ0) is 16.3. The van der Waals surface area contributed by atoms with Crippen molar-refractivity contribution < 1.29 is 14.6 Å². The van der Waals surface area contributed by atoms with E-state index < -0.39 is 0 Å². The Labute approximate surface area is 134 Å². The van der Waals surface area contributed by atoms with Gasteiger partial charge in [-0.15, -0.1) is 0 Å². The molecule has 6 heteroatoms. The Morgan fingerprint density at radius 1 is 1.36 bits per heavy atom. The van der Waals surface area contributed by atoms with E-state index in [1.807, 2.05) is 0 Å². The van der Waals surface area contributed by atoms with Gasteiger partial charge >= 0.3 is 0 Å². The number of rotatable bonds is 10. The second kappa shape index (κ2) is 10.8. The van der Waals surface area contributed by atoms with E-state index in [-0.39, 0.29) is 12.0 Å². The van der Waals surface area contributed by atoms with E-state index in [1.54, 1.807) is 7.05 Å². The summed E-state index contributed by atoms with van der Waals surface area (Å²) in [5, 5.41) is 15.8. The molecule has 0 saturated carbocycles. The number of guanidine groups is 1. The molecular formula is C16H33N3O3. The number of aliphatic hydroxyl groups is 1. The van der Waals surface area contributed by atoms with Gasteiger partial charge in [0.05, 0.1) is 13.2 Å². The molecule has 1 fully saturated rings. The molecule has 1 saturated heterocycles. The van der Waals surface area contributed by atoms with E-state index in [1.165, 1.54) is 0 Å². The summed E-state index contributed by atoms with van der Waals surface area (Å²) in [5.74, 6) is 1.45. The van der Waals surface area contributed by atoms with Gasteiger partial charge in [-0.3, -0.25) is 4.99 Å². The SMILES string of the molecule is CN=C(NCCOCCC(C)C)NCC1(CCO)CCOC1. The second-order valence-electron chi connectivity index (χ2n) is 6.42. The largest absolute Gasteiger partial charge is 0.396 e. The van der Waals surface area contributed by atoms with Gasteiger partial charge in [-0.05, 0) is 25.2 Å². The summed E-state index contributed by atoms with van der Waals surface area (Å²) >= 11 is 0. The molecule has 0 amide bonds. The van der Waals surface area contributed by atoms with Crippen LogP contribution in [0.3, 0.4) is 0 Å². The highest BCUT2D eigenvalue weighted by Crippen LogP contribution is 2.31. The maximum absolute atomic E-state index is 9.23. The third kappa shape index (κ3) is 7.42. The molecule has 1 atom stereocenters. The van der Waals surface area contributed by atoms with Crippen LogP contribution in [0.1, 0.15) is 33.1 Å². The summed E-state index contributed by atoms with van der Waals surface area (Å²) in [6, 6.07) is 0. The molecule has 1 aliphatic rings. The van der Waals surface area contributed by atoms with Crippen LogP contribution in [0.4, 0.5) is 0 Å². The maximum Gasteiger partial charge on any atom is 0.191 e. The number of aliphatic imine (C=N–C) groups is 1. The molecule has 0 aromatic carbocycles. The molecule has 130 valence electrons. The molecule has 1 unspecified atom stereocenters. The fourth-order valence-electron chi connectivity index (χ4n) is 2.47. The molecule has 3 N–H and O–H groups in total. The number of nitrogens with one attached hydrogen (secondary N) is 2. The topological polar surface area (TPSA) is 75.1 Å². The third-order valence-corrected chi connectivity index (χ3v) is 4.06. The van der Waals surface area contributed by atoms with Crippen molar-refractivity contribution in [1.29, 1.82) is 0 Å². The average Bonchev–Trinajstić information content (AvgIpc) is 2.94. The minimum atomic E-state index is 0.0279. The smallest absolute Gasteiger partial charge is 0.191 e. The minimum Gasteiger partial charge on any atom is -0.396 e. The van der Waals surface area contributed by atoms with Crippen molar-refractivity contribution in [1.82, 2.24) is 10.6 Å². The molecule has 0 bridgehead atoms. The second-order valence-corrected chi connectivity index (χ2v) is 6.42. The lowest BCUT2D eigenvalue weighted by molar-refractivity contribution is 0.125. The summed E-state index contributed by atoms with van der Waals surface area (Å²) < 4.78 is 11.1. The Morgan fingerprint density at radius 2 is 2.18 bits per heavy atom. The molecule has 0 aliphatic carbocycles. The fraction of sp³-hybridized carbons (Fsp3) is 0.938. The Hall–Kier alpha value is -0.850. The van der Waals surface area contributed by atoms with Crippen LogP contribution in [-0.4, -0.2) is 64.2 Å². The molecule has 1 aliphatic heterocycles. The average molecular weight is 315 g/mol. The van der Waals surface area contributed by atoms with Crippen LogP contribution in [0.25, 0.3) is 0 Å². The van der Waals surface area contributed by atoms with Crippen LogP contribution >= 0.6 is 0 Å². The highest BCUT2D eigenvalue weighted by molar-refractivity contribution is 5.79. The van der Waals surface area contributed by atoms with Crippen LogP contribution in [-0.2, 0) is 9.47 Å². The summed E-state index contributed by atoms with van der Waals surface area (Å²) in [5.41, 5.74) is 0.0279.